The van der Waals surface area contributed by atoms with E-state index in [0.29, 0.717) is 19.3 Å². The van der Waals surface area contributed by atoms with Gasteiger partial charge in [-0.15, -0.1) is 11.3 Å². The second-order valence-electron chi connectivity index (χ2n) is 7.71. The predicted octanol–water partition coefficient (Wildman–Crippen LogP) is 1.95. The van der Waals surface area contributed by atoms with Crippen molar-refractivity contribution in [3.05, 3.63) is 21.4 Å². The van der Waals surface area contributed by atoms with Gasteiger partial charge in [0, 0.05) is 28.3 Å². The van der Waals surface area contributed by atoms with Gasteiger partial charge in [0.15, 0.2) is 9.84 Å². The van der Waals surface area contributed by atoms with Crippen LogP contribution in [0.4, 0.5) is 0 Å². The number of rotatable bonds is 5. The monoisotopic (exact) mass is 384 g/mol. The molecule has 140 valence electrons. The van der Waals surface area contributed by atoms with E-state index in [0.717, 1.165) is 12.8 Å². The van der Waals surface area contributed by atoms with E-state index in [1.54, 1.807) is 11.3 Å². The topological polar surface area (TPSA) is 89.3 Å². The summed E-state index contributed by atoms with van der Waals surface area (Å²) in [6, 6.07) is 2.24. The molecule has 5 nitrogen and oxygen atoms in total. The number of aryl methyl sites for hydroxylation is 3. The molecule has 3 rings (SSSR count). The van der Waals surface area contributed by atoms with E-state index in [9.17, 15) is 13.2 Å². The number of nitrogens with one attached hydrogen (secondary N) is 1. The Kier molecular flexibility index (Phi) is 5.56. The molecular weight excluding hydrogens is 356 g/mol. The minimum atomic E-state index is -3.00. The van der Waals surface area contributed by atoms with Crippen LogP contribution in [0.2, 0.25) is 0 Å². The zero-order chi connectivity index (χ0) is 18.2. The molecule has 0 radical (unpaired) electrons. The highest BCUT2D eigenvalue weighted by Gasteiger charge is 2.45. The Bertz CT molecular complexity index is 720. The summed E-state index contributed by atoms with van der Waals surface area (Å²) in [5, 5.41) is 3.13. The van der Waals surface area contributed by atoms with Crippen LogP contribution in [0, 0.1) is 25.7 Å². The molecule has 2 bridgehead atoms. The first-order valence-electron chi connectivity index (χ1n) is 9.05. The average Bonchev–Trinajstić information content (AvgIpc) is 2.78. The third-order valence-electron chi connectivity index (χ3n) is 5.48. The Hall–Kier alpha value is -0.920. The van der Waals surface area contributed by atoms with Gasteiger partial charge in [0.25, 0.3) is 0 Å². The second-order valence-corrected chi connectivity index (χ2v) is 11.3. The summed E-state index contributed by atoms with van der Waals surface area (Å²) in [7, 11) is -3.00. The maximum atomic E-state index is 12.4. The Morgan fingerprint density at radius 1 is 1.28 bits per heavy atom. The summed E-state index contributed by atoms with van der Waals surface area (Å²) >= 11 is 1.80. The van der Waals surface area contributed by atoms with Crippen LogP contribution in [0.5, 0.6) is 0 Å². The lowest BCUT2D eigenvalue weighted by atomic mass is 9.75. The first kappa shape index (κ1) is 18.9. The lowest BCUT2D eigenvalue weighted by Gasteiger charge is -2.44. The molecule has 2 fully saturated rings. The first-order chi connectivity index (χ1) is 11.7. The number of thiophene rings is 1. The number of sulfone groups is 1. The fourth-order valence-corrected chi connectivity index (χ4v) is 7.58. The van der Waals surface area contributed by atoms with Gasteiger partial charge in [-0.2, -0.15) is 0 Å². The molecule has 2 unspecified atom stereocenters. The lowest BCUT2D eigenvalue weighted by molar-refractivity contribution is -0.123. The fourth-order valence-electron chi connectivity index (χ4n) is 4.48. The van der Waals surface area contributed by atoms with Gasteiger partial charge in [0.1, 0.15) is 0 Å². The number of hydrogen-bond acceptors (Lipinski definition) is 5. The SMILES string of the molecule is Cc1cc(CCCC(=O)NC2C3CC(N)CC2CS(=O)(=O)C3)c(C)s1. The zero-order valence-corrected chi connectivity index (χ0v) is 16.6. The summed E-state index contributed by atoms with van der Waals surface area (Å²) in [6.07, 6.45) is 3.61. The van der Waals surface area contributed by atoms with Crippen molar-refractivity contribution in [3.8, 4) is 0 Å². The standard InChI is InChI=1S/C18H28N2O3S2/c1-11-6-13(12(2)24-11)4-3-5-17(21)20-18-14-7-16(19)8-15(18)10-25(22,23)9-14/h6,14-16,18H,3-5,7-10,19H2,1-2H3,(H,20,21). The summed E-state index contributed by atoms with van der Waals surface area (Å²) < 4.78 is 24.0. The van der Waals surface area contributed by atoms with Crippen molar-refractivity contribution in [3.63, 3.8) is 0 Å². The summed E-state index contributed by atoms with van der Waals surface area (Å²) in [5.41, 5.74) is 7.40. The second kappa shape index (κ2) is 7.37. The van der Waals surface area contributed by atoms with Crippen LogP contribution < -0.4 is 11.1 Å². The van der Waals surface area contributed by atoms with Crippen molar-refractivity contribution in [2.75, 3.05) is 11.5 Å². The molecule has 1 aromatic rings. The third kappa shape index (κ3) is 4.63. The lowest BCUT2D eigenvalue weighted by Crippen LogP contribution is -2.58. The molecule has 7 heteroatoms. The summed E-state index contributed by atoms with van der Waals surface area (Å²) in [5.74, 6) is 0.307. The molecule has 0 spiro atoms. The van der Waals surface area contributed by atoms with Crippen molar-refractivity contribution in [1.82, 2.24) is 5.32 Å². The molecule has 1 aliphatic heterocycles. The number of hydrogen-bond donors (Lipinski definition) is 2. The van der Waals surface area contributed by atoms with Crippen molar-refractivity contribution in [2.24, 2.45) is 17.6 Å². The number of nitrogens with two attached hydrogens (primary N) is 1. The van der Waals surface area contributed by atoms with E-state index >= 15 is 0 Å². The van der Waals surface area contributed by atoms with Crippen LogP contribution in [-0.4, -0.2) is 37.9 Å². The molecule has 1 saturated carbocycles. The molecule has 1 saturated heterocycles. The van der Waals surface area contributed by atoms with E-state index in [2.05, 4.69) is 25.2 Å². The summed E-state index contributed by atoms with van der Waals surface area (Å²) in [4.78, 5) is 15.0. The minimum Gasteiger partial charge on any atom is -0.353 e. The van der Waals surface area contributed by atoms with Crippen molar-refractivity contribution in [1.29, 1.82) is 0 Å². The molecule has 2 aliphatic rings. The van der Waals surface area contributed by atoms with Gasteiger partial charge in [0.05, 0.1) is 11.5 Å². The summed E-state index contributed by atoms with van der Waals surface area (Å²) in [6.45, 7) is 4.23. The Labute approximate surface area is 154 Å². The minimum absolute atomic E-state index is 0.0269. The van der Waals surface area contributed by atoms with Crippen molar-refractivity contribution < 1.29 is 13.2 Å². The quantitative estimate of drug-likeness (QED) is 0.812. The van der Waals surface area contributed by atoms with Crippen molar-refractivity contribution in [2.45, 2.75) is 58.0 Å². The molecule has 3 N–H and O–H groups in total. The molecule has 25 heavy (non-hydrogen) atoms. The van der Waals surface area contributed by atoms with Crippen LogP contribution in [0.25, 0.3) is 0 Å². The van der Waals surface area contributed by atoms with E-state index in [1.165, 1.54) is 15.3 Å². The van der Waals surface area contributed by atoms with Gasteiger partial charge in [-0.3, -0.25) is 4.79 Å². The smallest absolute Gasteiger partial charge is 0.220 e. The molecule has 1 amide bonds. The van der Waals surface area contributed by atoms with Gasteiger partial charge < -0.3 is 11.1 Å². The Balaban J connectivity index is 1.53. The molecule has 1 aliphatic carbocycles. The number of amides is 1. The number of carbonyl (C=O) groups is 1. The van der Waals surface area contributed by atoms with E-state index in [4.69, 9.17) is 5.73 Å². The maximum absolute atomic E-state index is 12.4. The van der Waals surface area contributed by atoms with Gasteiger partial charge in [-0.1, -0.05) is 0 Å². The molecule has 2 atom stereocenters. The van der Waals surface area contributed by atoms with Gasteiger partial charge in [-0.05, 0) is 63.0 Å². The highest BCUT2D eigenvalue weighted by atomic mass is 32.2. The van der Waals surface area contributed by atoms with E-state index in [-0.39, 0.29) is 41.3 Å². The number of fused-ring (bicyclic) bond motifs is 2. The molecule has 0 aromatic carbocycles. The van der Waals surface area contributed by atoms with Gasteiger partial charge in [-0.25, -0.2) is 8.42 Å². The van der Waals surface area contributed by atoms with Crippen LogP contribution in [0.3, 0.4) is 0 Å². The normalized spacial score (nSPS) is 30.8. The Morgan fingerprint density at radius 3 is 2.48 bits per heavy atom. The fraction of sp³-hybridized carbons (Fsp3) is 0.722. The van der Waals surface area contributed by atoms with Crippen LogP contribution in [0.15, 0.2) is 6.07 Å². The van der Waals surface area contributed by atoms with E-state index in [1.807, 2.05) is 0 Å². The van der Waals surface area contributed by atoms with Gasteiger partial charge in [0.2, 0.25) is 5.91 Å². The largest absolute Gasteiger partial charge is 0.353 e. The van der Waals surface area contributed by atoms with Crippen molar-refractivity contribution >= 4 is 27.1 Å². The molecule has 1 aromatic heterocycles. The first-order valence-corrected chi connectivity index (χ1v) is 11.7. The average molecular weight is 385 g/mol. The van der Waals surface area contributed by atoms with Crippen LogP contribution in [0.1, 0.15) is 41.0 Å². The Morgan fingerprint density at radius 2 is 1.92 bits per heavy atom. The maximum Gasteiger partial charge on any atom is 0.220 e. The third-order valence-corrected chi connectivity index (χ3v) is 8.36. The number of carbonyl (C=O) groups excluding carboxylic acids is 1. The molecule has 2 heterocycles. The highest BCUT2D eigenvalue weighted by molar-refractivity contribution is 7.91. The molecular formula is C18H28N2O3S2. The van der Waals surface area contributed by atoms with E-state index < -0.39 is 9.84 Å². The zero-order valence-electron chi connectivity index (χ0n) is 15.0. The van der Waals surface area contributed by atoms with Crippen LogP contribution in [-0.2, 0) is 21.1 Å². The predicted molar refractivity (Wildman–Crippen MR) is 102 cm³/mol. The van der Waals surface area contributed by atoms with Gasteiger partial charge >= 0.3 is 0 Å². The van der Waals surface area contributed by atoms with Crippen LogP contribution >= 0.6 is 11.3 Å². The highest BCUT2D eigenvalue weighted by Crippen LogP contribution is 2.35.